The van der Waals surface area contributed by atoms with Crippen molar-refractivity contribution in [2.75, 3.05) is 0 Å². The van der Waals surface area contributed by atoms with Crippen molar-refractivity contribution in [3.8, 4) is 0 Å². The van der Waals surface area contributed by atoms with Crippen molar-refractivity contribution in [1.29, 1.82) is 0 Å². The minimum Gasteiger partial charge on any atom is -0.481 e. The summed E-state index contributed by atoms with van der Waals surface area (Å²) in [6.45, 7) is 1.08. The van der Waals surface area contributed by atoms with Gasteiger partial charge in [0.2, 0.25) is 0 Å². The molecule has 6 heteroatoms. The molecule has 0 fully saturated rings. The third-order valence-corrected chi connectivity index (χ3v) is 0. The highest BCUT2D eigenvalue weighted by molar-refractivity contribution is 5.62. The van der Waals surface area contributed by atoms with Crippen LogP contribution >= 0.6 is 0 Å². The van der Waals surface area contributed by atoms with Gasteiger partial charge in [0, 0.05) is 6.92 Å². The van der Waals surface area contributed by atoms with Gasteiger partial charge in [0.25, 0.3) is 5.97 Å². The molecule has 0 aromatic carbocycles. The molecule has 0 aromatic rings. The van der Waals surface area contributed by atoms with Gasteiger partial charge in [-0.15, -0.1) is 0 Å². The zero-order chi connectivity index (χ0) is 3.58. The Kier molecular flexibility index (Phi) is 227. The van der Waals surface area contributed by atoms with Crippen molar-refractivity contribution < 1.29 is 9.90 Å². The highest BCUT2D eigenvalue weighted by atomic mass is 16.4. The predicted octanol–water partition coefficient (Wildman–Crippen LogP) is 0.739. The number of hydrogen-bond acceptors (Lipinski definition) is 5. The maximum Gasteiger partial charge on any atom is 0.300 e. The highest BCUT2D eigenvalue weighted by Crippen LogP contribution is 1.42. The van der Waals surface area contributed by atoms with E-state index >= 15 is 0 Å². The smallest absolute Gasteiger partial charge is 0.300 e. The monoisotopic (exact) mass is 128 g/mol. The Morgan fingerprint density at radius 2 is 1.12 bits per heavy atom. The minimum atomic E-state index is -0.833. The van der Waals surface area contributed by atoms with Crippen LogP contribution < -0.4 is 24.6 Å². The van der Waals surface area contributed by atoms with E-state index in [1.54, 1.807) is 0 Å². The Morgan fingerprint density at radius 1 is 1.12 bits per heavy atom. The molecule has 0 heterocycles. The topological polar surface area (TPSA) is 177 Å². The first-order valence-corrected chi connectivity index (χ1v) is 0.928. The number of carboxylic acids is 1. The van der Waals surface area contributed by atoms with E-state index in [2.05, 4.69) is 0 Å². The first-order chi connectivity index (χ1) is 1.73. The van der Waals surface area contributed by atoms with Gasteiger partial charge in [-0.05, 0) is 0 Å². The molecular weight excluding hydrogens is 112 g/mol. The molecule has 0 bridgehead atoms. The Labute approximate surface area is 48.6 Å². The highest BCUT2D eigenvalue weighted by Gasteiger charge is 1.65. The number of aliphatic carboxylic acids is 1. The van der Waals surface area contributed by atoms with Gasteiger partial charge >= 0.3 is 0 Å². The van der Waals surface area contributed by atoms with Gasteiger partial charge in [0.15, 0.2) is 0 Å². The van der Waals surface area contributed by atoms with Crippen LogP contribution in [0, 0.1) is 0 Å². The number of rotatable bonds is 0. The standard InChI is InChI=1S/C2H4O2.4H3N/c1-2(3)4;;;;/h1H3,(H,3,4);4*1H3. The van der Waals surface area contributed by atoms with Gasteiger partial charge in [-0.2, -0.15) is 0 Å². The van der Waals surface area contributed by atoms with Crippen molar-refractivity contribution in [3.63, 3.8) is 0 Å². The maximum absolute atomic E-state index is 9.00. The average molecular weight is 128 g/mol. The third kappa shape index (κ3) is 207. The first kappa shape index (κ1) is 54.5. The molecule has 0 aliphatic heterocycles. The third-order valence-electron chi connectivity index (χ3n) is 0. The average Bonchev–Trinajstić information content (AvgIpc) is 0.811. The van der Waals surface area contributed by atoms with Gasteiger partial charge in [0.05, 0.1) is 0 Å². The molecule has 0 saturated heterocycles. The van der Waals surface area contributed by atoms with Gasteiger partial charge in [-0.3, -0.25) is 4.79 Å². The Balaban J connectivity index is -0.00000000750. The van der Waals surface area contributed by atoms with E-state index in [1.165, 1.54) is 0 Å². The van der Waals surface area contributed by atoms with Crippen LogP contribution in [0.4, 0.5) is 0 Å². The molecule has 0 unspecified atom stereocenters. The van der Waals surface area contributed by atoms with Crippen molar-refractivity contribution in [2.24, 2.45) is 0 Å². The first-order valence-electron chi connectivity index (χ1n) is 0.928. The summed E-state index contributed by atoms with van der Waals surface area (Å²) < 4.78 is 0. The molecule has 0 rings (SSSR count). The van der Waals surface area contributed by atoms with Crippen molar-refractivity contribution in [1.82, 2.24) is 24.6 Å². The summed E-state index contributed by atoms with van der Waals surface area (Å²) in [7, 11) is 0. The van der Waals surface area contributed by atoms with Gasteiger partial charge in [0.1, 0.15) is 0 Å². The second-order valence-electron chi connectivity index (χ2n) is 0.519. The second-order valence-corrected chi connectivity index (χ2v) is 0.519. The zero-order valence-corrected chi connectivity index (χ0v) is 5.18. The van der Waals surface area contributed by atoms with E-state index in [0.717, 1.165) is 6.92 Å². The minimum absolute atomic E-state index is 0. The Hall–Kier alpha value is -0.690. The van der Waals surface area contributed by atoms with Crippen LogP contribution in [0.5, 0.6) is 0 Å². The molecule has 0 spiro atoms. The number of hydrogen-bond donors (Lipinski definition) is 5. The molecule has 0 amide bonds. The summed E-state index contributed by atoms with van der Waals surface area (Å²) in [4.78, 5) is 9.00. The molecule has 0 atom stereocenters. The summed E-state index contributed by atoms with van der Waals surface area (Å²) in [6, 6.07) is 0. The molecule has 0 radical (unpaired) electrons. The largest absolute Gasteiger partial charge is 0.481 e. The molecule has 0 aromatic heterocycles. The van der Waals surface area contributed by atoms with E-state index < -0.39 is 5.97 Å². The molecule has 0 saturated carbocycles. The lowest BCUT2D eigenvalue weighted by molar-refractivity contribution is -0.134. The number of carbonyl (C=O) groups is 1. The summed E-state index contributed by atoms with van der Waals surface area (Å²) in [5.74, 6) is -0.833. The maximum atomic E-state index is 9.00. The van der Waals surface area contributed by atoms with Crippen molar-refractivity contribution in [2.45, 2.75) is 6.92 Å². The Morgan fingerprint density at radius 3 is 1.12 bits per heavy atom. The van der Waals surface area contributed by atoms with Crippen LogP contribution in [-0.4, -0.2) is 11.1 Å². The summed E-state index contributed by atoms with van der Waals surface area (Å²) >= 11 is 0. The van der Waals surface area contributed by atoms with Crippen LogP contribution in [0.15, 0.2) is 0 Å². The second kappa shape index (κ2) is 33.3. The SMILES string of the molecule is CC(=O)O.N.N.N.N. The summed E-state index contributed by atoms with van der Waals surface area (Å²) in [5, 5.41) is 7.42. The van der Waals surface area contributed by atoms with Crippen LogP contribution in [0.1, 0.15) is 6.92 Å². The van der Waals surface area contributed by atoms with Gasteiger partial charge in [-0.25, -0.2) is 0 Å². The molecule has 13 N–H and O–H groups in total. The van der Waals surface area contributed by atoms with Crippen LogP contribution in [0.3, 0.4) is 0 Å². The van der Waals surface area contributed by atoms with Gasteiger partial charge < -0.3 is 29.7 Å². The summed E-state index contributed by atoms with van der Waals surface area (Å²) in [5.41, 5.74) is 0. The normalized spacial score (nSPS) is 3.12. The van der Waals surface area contributed by atoms with E-state index in [9.17, 15) is 0 Å². The molecule has 8 heavy (non-hydrogen) atoms. The van der Waals surface area contributed by atoms with Crippen LogP contribution in [-0.2, 0) is 4.79 Å². The molecular formula is C2H16N4O2. The summed E-state index contributed by atoms with van der Waals surface area (Å²) in [6.07, 6.45) is 0. The van der Waals surface area contributed by atoms with Crippen LogP contribution in [0.25, 0.3) is 0 Å². The fourth-order valence-electron chi connectivity index (χ4n) is 0. The molecule has 0 aliphatic carbocycles. The van der Waals surface area contributed by atoms with E-state index in [0.29, 0.717) is 0 Å². The number of carboxylic acid groups (broad SMARTS) is 1. The molecule has 6 nitrogen and oxygen atoms in total. The zero-order valence-electron chi connectivity index (χ0n) is 5.18. The Bertz CT molecular complexity index is 35.0. The lowest BCUT2D eigenvalue weighted by Gasteiger charge is -1.59. The van der Waals surface area contributed by atoms with Crippen LogP contribution in [0.2, 0.25) is 0 Å². The van der Waals surface area contributed by atoms with E-state index in [4.69, 9.17) is 9.90 Å². The van der Waals surface area contributed by atoms with Crippen molar-refractivity contribution in [3.05, 3.63) is 0 Å². The van der Waals surface area contributed by atoms with Gasteiger partial charge in [-0.1, -0.05) is 0 Å². The quantitative estimate of drug-likeness (QED) is 0.321. The molecule has 56 valence electrons. The van der Waals surface area contributed by atoms with E-state index in [1.807, 2.05) is 0 Å². The lowest BCUT2D eigenvalue weighted by Crippen LogP contribution is -1.78. The molecule has 0 aliphatic rings. The fourth-order valence-corrected chi connectivity index (χ4v) is 0. The fraction of sp³-hybridized carbons (Fsp3) is 0.500. The lowest BCUT2D eigenvalue weighted by atomic mass is 10.9. The predicted molar refractivity (Wildman–Crippen MR) is 33.4 cm³/mol. The van der Waals surface area contributed by atoms with E-state index in [-0.39, 0.29) is 24.6 Å². The van der Waals surface area contributed by atoms with Crippen molar-refractivity contribution >= 4 is 5.97 Å².